The van der Waals surface area contributed by atoms with Crippen molar-refractivity contribution in [2.24, 2.45) is 0 Å². The molecule has 0 heterocycles. The molecule has 1 atom stereocenters. The molecule has 16 heavy (non-hydrogen) atoms. The Morgan fingerprint density at radius 3 is 1.94 bits per heavy atom. The highest BCUT2D eigenvalue weighted by Crippen LogP contribution is 2.28. The fraction of sp³-hybridized carbons (Fsp3) is 1.00. The molecule has 0 aliphatic rings. The predicted octanol–water partition coefficient (Wildman–Crippen LogP) is 3.44. The zero-order valence-electron chi connectivity index (χ0n) is 11.9. The molecule has 98 valence electrons. The number of rotatable bonds is 9. The first-order valence-electron chi connectivity index (χ1n) is 6.90. The average Bonchev–Trinajstić information content (AvgIpc) is 2.26. The molecule has 0 aliphatic heterocycles. The normalized spacial score (nSPS) is 14.4. The van der Waals surface area contributed by atoms with Gasteiger partial charge in [-0.2, -0.15) is 0 Å². The molecule has 0 amide bonds. The summed E-state index contributed by atoms with van der Waals surface area (Å²) in [5.74, 6) is 0. The van der Waals surface area contributed by atoms with Crippen LogP contribution in [0.2, 0.25) is 0 Å². The Hall–Kier alpha value is -0.0800. The number of hydrogen-bond acceptors (Lipinski definition) is 2. The molecule has 0 aromatic heterocycles. The first-order valence-corrected chi connectivity index (χ1v) is 6.90. The molecule has 2 heteroatoms. The smallest absolute Gasteiger partial charge is 0.0723 e. The van der Waals surface area contributed by atoms with Gasteiger partial charge in [-0.15, -0.1) is 0 Å². The molecule has 2 nitrogen and oxygen atoms in total. The maximum absolute atomic E-state index is 10.4. The van der Waals surface area contributed by atoms with E-state index in [9.17, 15) is 5.11 Å². The van der Waals surface area contributed by atoms with Gasteiger partial charge in [0.1, 0.15) is 0 Å². The standard InChI is InChI=1S/C14H31NO/c1-6-9-10-11-12-13(16)14(7-2,8-3)15(4)5/h13,16H,6-12H2,1-5H3. The molecule has 0 aromatic carbocycles. The summed E-state index contributed by atoms with van der Waals surface area (Å²) in [6.45, 7) is 6.58. The topological polar surface area (TPSA) is 23.5 Å². The molecule has 0 aliphatic carbocycles. The first-order chi connectivity index (χ1) is 7.55. The lowest BCUT2D eigenvalue weighted by Gasteiger charge is -2.42. The van der Waals surface area contributed by atoms with Crippen molar-refractivity contribution in [3.63, 3.8) is 0 Å². The molecular formula is C14H31NO. The van der Waals surface area contributed by atoms with Gasteiger partial charge in [0, 0.05) is 5.54 Å². The van der Waals surface area contributed by atoms with Crippen LogP contribution in [0.3, 0.4) is 0 Å². The minimum absolute atomic E-state index is 0.0216. The Kier molecular flexibility index (Phi) is 8.04. The second-order valence-electron chi connectivity index (χ2n) is 5.07. The summed E-state index contributed by atoms with van der Waals surface area (Å²) in [6.07, 6.45) is 7.76. The predicted molar refractivity (Wildman–Crippen MR) is 71.8 cm³/mol. The van der Waals surface area contributed by atoms with E-state index in [1.165, 1.54) is 19.3 Å². The van der Waals surface area contributed by atoms with E-state index in [0.29, 0.717) is 0 Å². The van der Waals surface area contributed by atoms with Crippen LogP contribution in [0.1, 0.15) is 65.7 Å². The number of aliphatic hydroxyl groups is 1. The van der Waals surface area contributed by atoms with E-state index in [0.717, 1.165) is 25.7 Å². The number of aliphatic hydroxyl groups excluding tert-OH is 1. The van der Waals surface area contributed by atoms with Crippen LogP contribution in [0.15, 0.2) is 0 Å². The third-order valence-corrected chi connectivity index (χ3v) is 4.07. The average molecular weight is 229 g/mol. The molecule has 1 N–H and O–H groups in total. The second kappa shape index (κ2) is 8.08. The van der Waals surface area contributed by atoms with Gasteiger partial charge in [0.25, 0.3) is 0 Å². The number of hydrogen-bond donors (Lipinski definition) is 1. The molecule has 0 saturated heterocycles. The summed E-state index contributed by atoms with van der Waals surface area (Å²) in [5.41, 5.74) is -0.0216. The Morgan fingerprint density at radius 2 is 1.56 bits per heavy atom. The van der Waals surface area contributed by atoms with Crippen LogP contribution >= 0.6 is 0 Å². The molecule has 0 rings (SSSR count). The quantitative estimate of drug-likeness (QED) is 0.612. The highest BCUT2D eigenvalue weighted by atomic mass is 16.3. The van der Waals surface area contributed by atoms with Crippen molar-refractivity contribution in [1.29, 1.82) is 0 Å². The van der Waals surface area contributed by atoms with Gasteiger partial charge in [-0.1, -0.05) is 46.5 Å². The van der Waals surface area contributed by atoms with Crippen molar-refractivity contribution < 1.29 is 5.11 Å². The lowest BCUT2D eigenvalue weighted by Crippen LogP contribution is -2.52. The third kappa shape index (κ3) is 4.06. The van der Waals surface area contributed by atoms with Crippen molar-refractivity contribution in [2.75, 3.05) is 14.1 Å². The highest BCUT2D eigenvalue weighted by molar-refractivity contribution is 4.92. The Bertz CT molecular complexity index is 164. The van der Waals surface area contributed by atoms with Crippen LogP contribution in [0.4, 0.5) is 0 Å². The minimum atomic E-state index is -0.186. The highest BCUT2D eigenvalue weighted by Gasteiger charge is 2.35. The van der Waals surface area contributed by atoms with Gasteiger partial charge in [0.15, 0.2) is 0 Å². The van der Waals surface area contributed by atoms with Crippen molar-refractivity contribution >= 4 is 0 Å². The van der Waals surface area contributed by atoms with Crippen molar-refractivity contribution in [3.05, 3.63) is 0 Å². The van der Waals surface area contributed by atoms with E-state index in [1.807, 2.05) is 0 Å². The first kappa shape index (κ1) is 15.9. The summed E-state index contributed by atoms with van der Waals surface area (Å²) in [4.78, 5) is 2.21. The summed E-state index contributed by atoms with van der Waals surface area (Å²) >= 11 is 0. The van der Waals surface area contributed by atoms with E-state index in [2.05, 4.69) is 39.8 Å². The molecule has 0 spiro atoms. The van der Waals surface area contributed by atoms with Crippen LogP contribution in [0.25, 0.3) is 0 Å². The molecular weight excluding hydrogens is 198 g/mol. The van der Waals surface area contributed by atoms with E-state index < -0.39 is 0 Å². The van der Waals surface area contributed by atoms with Crippen LogP contribution < -0.4 is 0 Å². The Morgan fingerprint density at radius 1 is 1.00 bits per heavy atom. The lowest BCUT2D eigenvalue weighted by molar-refractivity contribution is -0.0188. The summed E-state index contributed by atoms with van der Waals surface area (Å²) in [6, 6.07) is 0. The fourth-order valence-electron chi connectivity index (χ4n) is 2.68. The molecule has 0 radical (unpaired) electrons. The van der Waals surface area contributed by atoms with E-state index >= 15 is 0 Å². The third-order valence-electron chi connectivity index (χ3n) is 4.07. The summed E-state index contributed by atoms with van der Waals surface area (Å²) in [5, 5.41) is 10.4. The molecule has 0 aromatic rings. The minimum Gasteiger partial charge on any atom is -0.391 e. The zero-order valence-corrected chi connectivity index (χ0v) is 11.9. The zero-order chi connectivity index (χ0) is 12.6. The number of likely N-dealkylation sites (N-methyl/N-ethyl adjacent to an activating group) is 1. The van der Waals surface area contributed by atoms with Crippen LogP contribution in [0, 0.1) is 0 Å². The Labute approximate surface area is 102 Å². The van der Waals surface area contributed by atoms with Crippen molar-refractivity contribution in [1.82, 2.24) is 4.90 Å². The Balaban J connectivity index is 4.22. The van der Waals surface area contributed by atoms with E-state index in [4.69, 9.17) is 0 Å². The monoisotopic (exact) mass is 229 g/mol. The van der Waals surface area contributed by atoms with Crippen molar-refractivity contribution in [3.8, 4) is 0 Å². The lowest BCUT2D eigenvalue weighted by atomic mass is 9.82. The van der Waals surface area contributed by atoms with Gasteiger partial charge in [0.05, 0.1) is 6.10 Å². The van der Waals surface area contributed by atoms with E-state index in [1.54, 1.807) is 0 Å². The van der Waals surface area contributed by atoms with Gasteiger partial charge in [-0.25, -0.2) is 0 Å². The number of unbranched alkanes of at least 4 members (excludes halogenated alkanes) is 3. The largest absolute Gasteiger partial charge is 0.391 e. The van der Waals surface area contributed by atoms with Crippen LogP contribution in [0.5, 0.6) is 0 Å². The van der Waals surface area contributed by atoms with Gasteiger partial charge in [-0.05, 0) is 33.4 Å². The van der Waals surface area contributed by atoms with E-state index in [-0.39, 0.29) is 11.6 Å². The fourth-order valence-corrected chi connectivity index (χ4v) is 2.68. The van der Waals surface area contributed by atoms with Crippen molar-refractivity contribution in [2.45, 2.75) is 77.4 Å². The van der Waals surface area contributed by atoms with Gasteiger partial charge in [-0.3, -0.25) is 0 Å². The maximum atomic E-state index is 10.4. The maximum Gasteiger partial charge on any atom is 0.0723 e. The molecule has 0 bridgehead atoms. The van der Waals surface area contributed by atoms with Gasteiger partial charge >= 0.3 is 0 Å². The molecule has 0 saturated carbocycles. The van der Waals surface area contributed by atoms with Gasteiger partial charge < -0.3 is 10.0 Å². The molecule has 0 fully saturated rings. The van der Waals surface area contributed by atoms with Crippen LogP contribution in [-0.2, 0) is 0 Å². The van der Waals surface area contributed by atoms with Crippen LogP contribution in [-0.4, -0.2) is 35.7 Å². The summed E-state index contributed by atoms with van der Waals surface area (Å²) < 4.78 is 0. The molecule has 1 unspecified atom stereocenters. The summed E-state index contributed by atoms with van der Waals surface area (Å²) in [7, 11) is 4.17. The number of nitrogens with zero attached hydrogens (tertiary/aromatic N) is 1. The SMILES string of the molecule is CCCCCCC(O)C(CC)(CC)N(C)C. The van der Waals surface area contributed by atoms with Gasteiger partial charge in [0.2, 0.25) is 0 Å². The second-order valence-corrected chi connectivity index (χ2v) is 5.07.